The van der Waals surface area contributed by atoms with Gasteiger partial charge >= 0.3 is 11.9 Å². The summed E-state index contributed by atoms with van der Waals surface area (Å²) in [6, 6.07) is 0. The zero-order chi connectivity index (χ0) is 21.7. The second-order valence-corrected chi connectivity index (χ2v) is 13.2. The Balaban J connectivity index is 2.02. The lowest BCUT2D eigenvalue weighted by atomic mass is 9.75. The maximum absolute atomic E-state index is 12.4. The largest absolute Gasteiger partial charge is 0.465 e. The second kappa shape index (κ2) is 15.2. The van der Waals surface area contributed by atoms with E-state index in [2.05, 4.69) is 10.6 Å². The van der Waals surface area contributed by atoms with Gasteiger partial charge in [0.05, 0.1) is 6.42 Å². The Kier molecular flexibility index (Phi) is 13.4. The molecule has 0 bridgehead atoms. The average Bonchev–Trinajstić information content (AvgIpc) is 3.43. The van der Waals surface area contributed by atoms with Gasteiger partial charge in [-0.2, -0.15) is 0 Å². The fourth-order valence-corrected chi connectivity index (χ4v) is 9.57. The Morgan fingerprint density at radius 1 is 0.900 bits per heavy atom. The summed E-state index contributed by atoms with van der Waals surface area (Å²) in [4.78, 5) is 24.5. The maximum Gasteiger partial charge on any atom is 0.307 e. The van der Waals surface area contributed by atoms with Crippen LogP contribution in [0.25, 0.3) is 0 Å². The molecule has 30 heavy (non-hydrogen) atoms. The topological polar surface area (TPSA) is 76.7 Å². The van der Waals surface area contributed by atoms with Gasteiger partial charge in [0.25, 0.3) is 0 Å². The lowest BCUT2D eigenvalue weighted by molar-refractivity contribution is -0.156. The summed E-state index contributed by atoms with van der Waals surface area (Å²) in [6.45, 7) is 3.94. The van der Waals surface area contributed by atoms with Crippen molar-refractivity contribution in [2.24, 2.45) is 17.3 Å². The number of rotatable bonds is 15. The molecule has 0 aromatic rings. The van der Waals surface area contributed by atoms with E-state index in [1.54, 1.807) is 0 Å². The van der Waals surface area contributed by atoms with Crippen molar-refractivity contribution in [1.29, 1.82) is 0 Å². The quantitative estimate of drug-likeness (QED) is 0.151. The third-order valence-electron chi connectivity index (χ3n) is 5.17. The van der Waals surface area contributed by atoms with Crippen LogP contribution in [0.5, 0.6) is 0 Å². The van der Waals surface area contributed by atoms with Gasteiger partial charge in [0.2, 0.25) is 0 Å². The molecule has 0 aliphatic carbocycles. The highest BCUT2D eigenvalue weighted by molar-refractivity contribution is 8.77. The molecule has 0 unspecified atom stereocenters. The molecule has 0 radical (unpaired) electrons. The van der Waals surface area contributed by atoms with E-state index >= 15 is 0 Å². The molecule has 2 saturated heterocycles. The van der Waals surface area contributed by atoms with Crippen LogP contribution in [-0.4, -0.2) is 68.4 Å². The first kappa shape index (κ1) is 26.5. The SMILES string of the molecule is CCCC(=O)OCC(COC(=O)CCNCNC)(CC1CSSC1)CC1CSSC1. The van der Waals surface area contributed by atoms with Gasteiger partial charge in [0.1, 0.15) is 13.2 Å². The molecule has 2 rings (SSSR count). The van der Waals surface area contributed by atoms with Crippen LogP contribution < -0.4 is 10.6 Å². The molecule has 6 nitrogen and oxygen atoms in total. The molecular formula is C20H36N2O4S4. The normalized spacial score (nSPS) is 18.1. The molecule has 10 heteroatoms. The summed E-state index contributed by atoms with van der Waals surface area (Å²) in [5.74, 6) is 5.28. The van der Waals surface area contributed by atoms with Crippen molar-refractivity contribution in [2.75, 3.05) is 56.5 Å². The molecule has 0 aromatic heterocycles. The molecule has 0 atom stereocenters. The van der Waals surface area contributed by atoms with E-state index in [1.807, 2.05) is 57.1 Å². The molecule has 174 valence electrons. The van der Waals surface area contributed by atoms with Crippen molar-refractivity contribution in [3.05, 3.63) is 0 Å². The summed E-state index contributed by atoms with van der Waals surface area (Å²) in [6.07, 6.45) is 3.47. The average molecular weight is 497 g/mol. The molecule has 0 amide bonds. The van der Waals surface area contributed by atoms with Gasteiger partial charge in [-0.25, -0.2) is 0 Å². The number of carbonyl (C=O) groups is 2. The standard InChI is InChI=1S/C20H36N2O4S4/c1-3-4-18(23)25-13-20(7-16-9-27-28-10-16,8-17-11-29-30-12-17)14-26-19(24)5-6-22-15-21-2/h16-17,21-22H,3-15H2,1-2H3. The van der Waals surface area contributed by atoms with Crippen molar-refractivity contribution >= 4 is 55.1 Å². The van der Waals surface area contributed by atoms with Crippen LogP contribution in [0.2, 0.25) is 0 Å². The predicted octanol–water partition coefficient (Wildman–Crippen LogP) is 3.82. The monoisotopic (exact) mass is 496 g/mol. The first-order valence-electron chi connectivity index (χ1n) is 10.7. The van der Waals surface area contributed by atoms with Crippen molar-refractivity contribution in [1.82, 2.24) is 10.6 Å². The minimum atomic E-state index is -0.288. The molecule has 2 aliphatic heterocycles. The first-order valence-corrected chi connectivity index (χ1v) is 15.7. The van der Waals surface area contributed by atoms with Gasteiger partial charge in [0, 0.05) is 48.1 Å². The van der Waals surface area contributed by atoms with Crippen LogP contribution in [0.15, 0.2) is 0 Å². The summed E-state index contributed by atoms with van der Waals surface area (Å²) in [5.41, 5.74) is -0.288. The molecule has 0 spiro atoms. The smallest absolute Gasteiger partial charge is 0.307 e. The highest BCUT2D eigenvalue weighted by Crippen LogP contribution is 2.46. The Morgan fingerprint density at radius 3 is 1.87 bits per heavy atom. The number of ether oxygens (including phenoxy) is 2. The Morgan fingerprint density at radius 2 is 1.40 bits per heavy atom. The van der Waals surface area contributed by atoms with Gasteiger partial charge in [-0.15, -0.1) is 0 Å². The van der Waals surface area contributed by atoms with Gasteiger partial charge < -0.3 is 20.1 Å². The third-order valence-corrected chi connectivity index (χ3v) is 10.6. The number of hydrogen-bond acceptors (Lipinski definition) is 10. The molecule has 2 N–H and O–H groups in total. The Labute approximate surface area is 197 Å². The van der Waals surface area contributed by atoms with Crippen molar-refractivity contribution in [3.63, 3.8) is 0 Å². The zero-order valence-corrected chi connectivity index (χ0v) is 21.4. The fraction of sp³-hybridized carbons (Fsp3) is 0.900. The summed E-state index contributed by atoms with van der Waals surface area (Å²) in [5, 5.41) is 6.14. The van der Waals surface area contributed by atoms with E-state index in [1.165, 1.54) is 0 Å². The number of carbonyl (C=O) groups excluding carboxylic acids is 2. The summed E-state index contributed by atoms with van der Waals surface area (Å²) < 4.78 is 11.5. The van der Waals surface area contributed by atoms with Crippen LogP contribution in [0.1, 0.15) is 39.0 Å². The molecular weight excluding hydrogens is 460 g/mol. The van der Waals surface area contributed by atoms with E-state index in [-0.39, 0.29) is 17.4 Å². The minimum absolute atomic E-state index is 0.144. The van der Waals surface area contributed by atoms with Crippen LogP contribution >= 0.6 is 43.2 Å². The highest BCUT2D eigenvalue weighted by atomic mass is 33.1. The lowest BCUT2D eigenvalue weighted by Crippen LogP contribution is -2.39. The summed E-state index contributed by atoms with van der Waals surface area (Å²) in [7, 11) is 9.53. The molecule has 2 fully saturated rings. The highest BCUT2D eigenvalue weighted by Gasteiger charge is 2.40. The van der Waals surface area contributed by atoms with Gasteiger partial charge in [-0.1, -0.05) is 50.1 Å². The van der Waals surface area contributed by atoms with Gasteiger partial charge in [-0.3, -0.25) is 9.59 Å². The minimum Gasteiger partial charge on any atom is -0.465 e. The van der Waals surface area contributed by atoms with E-state index in [0.29, 0.717) is 51.1 Å². The van der Waals surface area contributed by atoms with Crippen LogP contribution in [0.4, 0.5) is 0 Å². The molecule has 2 aliphatic rings. The number of nitrogens with one attached hydrogen (secondary N) is 2. The lowest BCUT2D eigenvalue weighted by Gasteiger charge is -2.36. The van der Waals surface area contributed by atoms with Crippen LogP contribution in [-0.2, 0) is 19.1 Å². The number of esters is 2. The van der Waals surface area contributed by atoms with E-state index in [9.17, 15) is 9.59 Å². The first-order chi connectivity index (χ1) is 14.6. The predicted molar refractivity (Wildman–Crippen MR) is 132 cm³/mol. The number of hydrogen-bond donors (Lipinski definition) is 2. The van der Waals surface area contributed by atoms with Crippen LogP contribution in [0.3, 0.4) is 0 Å². The molecule has 2 heterocycles. The van der Waals surface area contributed by atoms with E-state index < -0.39 is 0 Å². The van der Waals surface area contributed by atoms with Gasteiger partial charge in [-0.05, 0) is 38.1 Å². The van der Waals surface area contributed by atoms with E-state index in [0.717, 1.165) is 42.3 Å². The van der Waals surface area contributed by atoms with Crippen molar-refractivity contribution in [3.8, 4) is 0 Å². The third kappa shape index (κ3) is 10.3. The van der Waals surface area contributed by atoms with Gasteiger partial charge in [0.15, 0.2) is 0 Å². The van der Waals surface area contributed by atoms with Crippen LogP contribution in [0, 0.1) is 17.3 Å². The van der Waals surface area contributed by atoms with Crippen molar-refractivity contribution < 1.29 is 19.1 Å². The van der Waals surface area contributed by atoms with Crippen molar-refractivity contribution in [2.45, 2.75) is 39.0 Å². The summed E-state index contributed by atoms with van der Waals surface area (Å²) >= 11 is 0. The van der Waals surface area contributed by atoms with E-state index in [4.69, 9.17) is 9.47 Å². The second-order valence-electron chi connectivity index (χ2n) is 8.13. The zero-order valence-electron chi connectivity index (χ0n) is 18.1. The molecule has 0 aromatic carbocycles. The molecule has 0 saturated carbocycles. The Hall–Kier alpha value is 0.260. The fourth-order valence-electron chi connectivity index (χ4n) is 3.71. The maximum atomic E-state index is 12.4. The Bertz CT molecular complexity index is 497.